The Morgan fingerprint density at radius 3 is 1.77 bits per heavy atom. The maximum Gasteiger partial charge on any atom is 0.425 e. The normalized spacial score (nSPS) is 18.1. The summed E-state index contributed by atoms with van der Waals surface area (Å²) in [6.07, 6.45) is -15.5. The Labute approximate surface area is 118 Å². The molecule has 0 saturated carbocycles. The van der Waals surface area contributed by atoms with E-state index < -0.39 is 41.3 Å². The molecule has 0 radical (unpaired) electrons. The molecule has 128 valence electrons. The second-order valence-corrected chi connectivity index (χ2v) is 4.54. The molecular formula is C11H10F9NO. The van der Waals surface area contributed by atoms with E-state index in [0.717, 1.165) is 12.1 Å². The van der Waals surface area contributed by atoms with Gasteiger partial charge in [-0.2, -0.15) is 22.0 Å². The summed E-state index contributed by atoms with van der Waals surface area (Å²) in [5, 5.41) is 0. The summed E-state index contributed by atoms with van der Waals surface area (Å²) < 4.78 is 120. The molecule has 0 fully saturated rings. The molecule has 0 aliphatic heterocycles. The van der Waals surface area contributed by atoms with E-state index >= 15 is 0 Å². The van der Waals surface area contributed by atoms with Crippen molar-refractivity contribution in [2.45, 2.75) is 37.1 Å². The molecule has 0 bridgehead atoms. The predicted molar refractivity (Wildman–Crippen MR) is 56.0 cm³/mol. The minimum absolute atomic E-state index is 0.120. The van der Waals surface area contributed by atoms with E-state index in [9.17, 15) is 39.5 Å². The van der Waals surface area contributed by atoms with Crippen LogP contribution in [0.15, 0.2) is 24.5 Å². The van der Waals surface area contributed by atoms with Gasteiger partial charge in [-0.1, -0.05) is 0 Å². The Morgan fingerprint density at radius 1 is 0.955 bits per heavy atom. The Kier molecular flexibility index (Phi) is 4.81. The average molecular weight is 343 g/mol. The second kappa shape index (κ2) is 5.67. The summed E-state index contributed by atoms with van der Waals surface area (Å²) in [5.74, 6) is -8.97. The molecule has 1 rings (SSSR count). The van der Waals surface area contributed by atoms with Crippen molar-refractivity contribution in [3.05, 3.63) is 24.5 Å². The fourth-order valence-electron chi connectivity index (χ4n) is 1.52. The molecule has 22 heavy (non-hydrogen) atoms. The summed E-state index contributed by atoms with van der Waals surface area (Å²) in [6.45, 7) is -1.98. The van der Waals surface area contributed by atoms with Crippen molar-refractivity contribution >= 4 is 0 Å². The standard InChI is InChI=1S/C11H10F9NO/c1-8(13,14)6-22-11(19,20)9(15,7(12)10(16,17)18)21-4-2-3-5-21/h2-5,7H,6H2,1H3. The van der Waals surface area contributed by atoms with E-state index in [0.29, 0.717) is 12.4 Å². The van der Waals surface area contributed by atoms with Crippen LogP contribution in [0, 0.1) is 0 Å². The summed E-state index contributed by atoms with van der Waals surface area (Å²) in [4.78, 5) is 0. The van der Waals surface area contributed by atoms with Gasteiger partial charge >= 0.3 is 18.1 Å². The molecule has 0 aliphatic rings. The molecule has 1 aromatic rings. The number of nitrogens with zero attached hydrogens (tertiary/aromatic N) is 1. The van der Waals surface area contributed by atoms with Crippen molar-refractivity contribution in [3.8, 4) is 0 Å². The third-order valence-electron chi connectivity index (χ3n) is 2.52. The van der Waals surface area contributed by atoms with Crippen molar-refractivity contribution < 1.29 is 44.3 Å². The number of alkyl halides is 9. The van der Waals surface area contributed by atoms with Crippen molar-refractivity contribution in [3.63, 3.8) is 0 Å². The lowest BCUT2D eigenvalue weighted by atomic mass is 10.1. The first-order chi connectivity index (χ1) is 9.72. The van der Waals surface area contributed by atoms with Gasteiger partial charge in [0.1, 0.15) is 6.61 Å². The predicted octanol–water partition coefficient (Wildman–Crippen LogP) is 4.28. The third-order valence-corrected chi connectivity index (χ3v) is 2.52. The molecule has 1 aromatic heterocycles. The van der Waals surface area contributed by atoms with Gasteiger partial charge in [0, 0.05) is 19.3 Å². The van der Waals surface area contributed by atoms with E-state index in [1.165, 1.54) is 0 Å². The molecule has 11 heteroatoms. The molecule has 0 spiro atoms. The van der Waals surface area contributed by atoms with Crippen LogP contribution in [-0.4, -0.2) is 35.6 Å². The van der Waals surface area contributed by atoms with Gasteiger partial charge < -0.3 is 9.30 Å². The van der Waals surface area contributed by atoms with Gasteiger partial charge in [0.05, 0.1) is 0 Å². The van der Waals surface area contributed by atoms with Crippen LogP contribution in [0.1, 0.15) is 6.92 Å². The molecule has 0 aliphatic carbocycles. The van der Waals surface area contributed by atoms with Crippen LogP contribution in [0.5, 0.6) is 0 Å². The lowest BCUT2D eigenvalue weighted by Gasteiger charge is -2.37. The number of ether oxygens (including phenoxy) is 1. The summed E-state index contributed by atoms with van der Waals surface area (Å²) in [5.41, 5.74) is 0. The highest BCUT2D eigenvalue weighted by molar-refractivity contribution is 5.02. The van der Waals surface area contributed by atoms with E-state index in [-0.39, 0.29) is 6.92 Å². The fourth-order valence-corrected chi connectivity index (χ4v) is 1.52. The molecule has 0 amide bonds. The number of hydrogen-bond acceptors (Lipinski definition) is 1. The SMILES string of the molecule is CC(F)(F)COC(F)(F)C(F)(C(F)C(F)(F)F)n1cccc1. The zero-order valence-corrected chi connectivity index (χ0v) is 10.9. The number of rotatable bonds is 6. The van der Waals surface area contributed by atoms with Crippen LogP contribution in [0.4, 0.5) is 39.5 Å². The van der Waals surface area contributed by atoms with Gasteiger partial charge in [-0.3, -0.25) is 0 Å². The van der Waals surface area contributed by atoms with Crippen LogP contribution in [-0.2, 0) is 10.5 Å². The second-order valence-electron chi connectivity index (χ2n) is 4.54. The van der Waals surface area contributed by atoms with Crippen molar-refractivity contribution in [2.75, 3.05) is 6.61 Å². The largest absolute Gasteiger partial charge is 0.425 e. The van der Waals surface area contributed by atoms with E-state index in [1.54, 1.807) is 0 Å². The van der Waals surface area contributed by atoms with Gasteiger partial charge in [0.25, 0.3) is 12.1 Å². The van der Waals surface area contributed by atoms with E-state index in [4.69, 9.17) is 0 Å². The third kappa shape index (κ3) is 3.68. The van der Waals surface area contributed by atoms with E-state index in [2.05, 4.69) is 4.74 Å². The molecular weight excluding hydrogens is 333 g/mol. The summed E-state index contributed by atoms with van der Waals surface area (Å²) in [7, 11) is 0. The van der Waals surface area contributed by atoms with Crippen LogP contribution in [0.25, 0.3) is 0 Å². The summed E-state index contributed by atoms with van der Waals surface area (Å²) in [6, 6.07) is 1.70. The zero-order chi connectivity index (χ0) is 17.4. The van der Waals surface area contributed by atoms with Crippen LogP contribution in [0.2, 0.25) is 0 Å². The molecule has 1 heterocycles. The molecule has 2 unspecified atom stereocenters. The molecule has 0 aromatic carbocycles. The topological polar surface area (TPSA) is 14.2 Å². The minimum atomic E-state index is -6.01. The highest BCUT2D eigenvalue weighted by Gasteiger charge is 2.71. The maximum atomic E-state index is 14.3. The van der Waals surface area contributed by atoms with E-state index in [1.807, 2.05) is 0 Å². The zero-order valence-electron chi connectivity index (χ0n) is 10.9. The lowest BCUT2D eigenvalue weighted by Crippen LogP contribution is -2.59. The quantitative estimate of drug-likeness (QED) is 0.704. The molecule has 2 nitrogen and oxygen atoms in total. The Hall–Kier alpha value is -1.39. The molecule has 2 atom stereocenters. The number of aromatic nitrogens is 1. The van der Waals surface area contributed by atoms with Crippen LogP contribution >= 0.6 is 0 Å². The van der Waals surface area contributed by atoms with Crippen molar-refractivity contribution in [2.24, 2.45) is 0 Å². The summed E-state index contributed by atoms with van der Waals surface area (Å²) >= 11 is 0. The first kappa shape index (κ1) is 18.7. The monoisotopic (exact) mass is 343 g/mol. The van der Waals surface area contributed by atoms with Gasteiger partial charge in [-0.05, 0) is 12.1 Å². The van der Waals surface area contributed by atoms with Crippen molar-refractivity contribution in [1.29, 1.82) is 0 Å². The Morgan fingerprint density at radius 2 is 1.41 bits per heavy atom. The van der Waals surface area contributed by atoms with Crippen LogP contribution < -0.4 is 0 Å². The molecule has 0 N–H and O–H groups in total. The lowest BCUT2D eigenvalue weighted by molar-refractivity contribution is -0.385. The average Bonchev–Trinajstić information content (AvgIpc) is 2.86. The minimum Gasteiger partial charge on any atom is -0.312 e. The van der Waals surface area contributed by atoms with Gasteiger partial charge in [0.15, 0.2) is 0 Å². The van der Waals surface area contributed by atoms with Crippen molar-refractivity contribution in [1.82, 2.24) is 4.57 Å². The highest BCUT2D eigenvalue weighted by atomic mass is 19.4. The van der Waals surface area contributed by atoms with Gasteiger partial charge in [-0.15, -0.1) is 0 Å². The smallest absolute Gasteiger partial charge is 0.312 e. The maximum absolute atomic E-state index is 14.3. The highest BCUT2D eigenvalue weighted by Crippen LogP contribution is 2.47. The van der Waals surface area contributed by atoms with Gasteiger partial charge in [0.2, 0.25) is 0 Å². The van der Waals surface area contributed by atoms with Gasteiger partial charge in [-0.25, -0.2) is 17.6 Å². The first-order valence-electron chi connectivity index (χ1n) is 5.64. The first-order valence-corrected chi connectivity index (χ1v) is 5.64. The number of halogens is 9. The molecule has 0 saturated heterocycles. The Balaban J connectivity index is 3.26. The Bertz CT molecular complexity index is 479. The van der Waals surface area contributed by atoms with Crippen LogP contribution in [0.3, 0.4) is 0 Å². The fraction of sp³-hybridized carbons (Fsp3) is 0.636. The number of hydrogen-bond donors (Lipinski definition) is 0.